The lowest BCUT2D eigenvalue weighted by Gasteiger charge is -1.99. The van der Waals surface area contributed by atoms with Crippen LogP contribution in [0.2, 0.25) is 0 Å². The summed E-state index contributed by atoms with van der Waals surface area (Å²) < 4.78 is 6.40. The number of nitrogen functional groups attached to an aromatic ring is 1. The second kappa shape index (κ2) is 5.14. The van der Waals surface area contributed by atoms with Gasteiger partial charge in [0.05, 0.1) is 5.69 Å². The first-order chi connectivity index (χ1) is 10.1. The fourth-order valence-electron chi connectivity index (χ4n) is 2.06. The molecule has 6 heteroatoms. The van der Waals surface area contributed by atoms with Crippen LogP contribution in [0.15, 0.2) is 56.5 Å². The molecule has 1 heterocycles. The number of halogens is 1. The van der Waals surface area contributed by atoms with E-state index in [4.69, 9.17) is 10.2 Å². The Bertz CT molecular complexity index is 853. The van der Waals surface area contributed by atoms with Crippen molar-refractivity contribution >= 4 is 44.1 Å². The normalized spacial score (nSPS) is 10.7. The number of carbonyl (C=O) groups is 1. The van der Waals surface area contributed by atoms with Crippen molar-refractivity contribution in [3.05, 3.63) is 63.2 Å². The Labute approximate surface area is 127 Å². The Kier molecular flexibility index (Phi) is 3.31. The number of carbonyl (C=O) groups excluding carboxylic acids is 1. The summed E-state index contributed by atoms with van der Waals surface area (Å²) in [5.74, 6) is -0.243. The molecule has 0 spiro atoms. The van der Waals surface area contributed by atoms with Crippen LogP contribution in [0.3, 0.4) is 0 Å². The van der Waals surface area contributed by atoms with Gasteiger partial charge in [-0.25, -0.2) is 0 Å². The molecule has 0 unspecified atom stereocenters. The van der Waals surface area contributed by atoms with Gasteiger partial charge >= 0.3 is 0 Å². The molecule has 0 saturated carbocycles. The number of hydrogen-bond donors (Lipinski definition) is 1. The Balaban J connectivity index is 2.08. The zero-order valence-corrected chi connectivity index (χ0v) is 12.3. The summed E-state index contributed by atoms with van der Waals surface area (Å²) in [6, 6.07) is 11.3. The molecule has 0 aliphatic carbocycles. The molecule has 104 valence electrons. The second-order valence-electron chi connectivity index (χ2n) is 4.45. The van der Waals surface area contributed by atoms with Crippen molar-refractivity contribution in [3.8, 4) is 0 Å². The molecule has 2 N–H and O–H groups in total. The summed E-state index contributed by atoms with van der Waals surface area (Å²) in [5, 5.41) is 3.47. The van der Waals surface area contributed by atoms with Gasteiger partial charge in [0.2, 0.25) is 5.78 Å². The molecule has 2 aromatic carbocycles. The van der Waals surface area contributed by atoms with Gasteiger partial charge in [-0.3, -0.25) is 4.79 Å². The minimum Gasteiger partial charge on any atom is -0.450 e. The number of rotatable bonds is 3. The highest BCUT2D eigenvalue weighted by molar-refractivity contribution is 9.10. The highest BCUT2D eigenvalue weighted by atomic mass is 79.9. The first-order valence-corrected chi connectivity index (χ1v) is 6.85. The molecule has 0 amide bonds. The van der Waals surface area contributed by atoms with Crippen molar-refractivity contribution in [1.29, 1.82) is 0 Å². The zero-order chi connectivity index (χ0) is 15.0. The summed E-state index contributed by atoms with van der Waals surface area (Å²) >= 11 is 3.35. The van der Waals surface area contributed by atoms with E-state index < -0.39 is 0 Å². The SMILES string of the molecule is Nc1c(C(=O)c2ccc(N=O)cc2)oc2ccc(Br)cc12. The lowest BCUT2D eigenvalue weighted by molar-refractivity contribution is 0.101. The van der Waals surface area contributed by atoms with Crippen LogP contribution in [0.5, 0.6) is 0 Å². The van der Waals surface area contributed by atoms with Crippen LogP contribution in [-0.4, -0.2) is 5.78 Å². The molecule has 1 aromatic heterocycles. The van der Waals surface area contributed by atoms with Crippen LogP contribution in [0.4, 0.5) is 11.4 Å². The predicted molar refractivity (Wildman–Crippen MR) is 83.7 cm³/mol. The number of anilines is 1. The highest BCUT2D eigenvalue weighted by Gasteiger charge is 2.20. The topological polar surface area (TPSA) is 85.7 Å². The van der Waals surface area contributed by atoms with Crippen molar-refractivity contribution < 1.29 is 9.21 Å². The quantitative estimate of drug-likeness (QED) is 0.563. The van der Waals surface area contributed by atoms with Crippen LogP contribution >= 0.6 is 15.9 Å². The number of furan rings is 1. The van der Waals surface area contributed by atoms with Crippen LogP contribution in [0, 0.1) is 4.91 Å². The van der Waals surface area contributed by atoms with Crippen LogP contribution in [0.1, 0.15) is 16.1 Å². The monoisotopic (exact) mass is 344 g/mol. The molecule has 0 bridgehead atoms. The summed E-state index contributed by atoms with van der Waals surface area (Å²) in [5.41, 5.74) is 7.48. The molecule has 5 nitrogen and oxygen atoms in total. The summed E-state index contributed by atoms with van der Waals surface area (Å²) in [4.78, 5) is 22.8. The van der Waals surface area contributed by atoms with E-state index in [1.54, 1.807) is 12.1 Å². The lowest BCUT2D eigenvalue weighted by atomic mass is 10.1. The maximum absolute atomic E-state index is 12.4. The summed E-state index contributed by atoms with van der Waals surface area (Å²) in [6.45, 7) is 0. The van der Waals surface area contributed by atoms with Crippen LogP contribution < -0.4 is 5.73 Å². The van der Waals surface area contributed by atoms with E-state index in [-0.39, 0.29) is 17.2 Å². The van der Waals surface area contributed by atoms with Crippen molar-refractivity contribution in [1.82, 2.24) is 0 Å². The molecule has 0 saturated heterocycles. The van der Waals surface area contributed by atoms with Crippen molar-refractivity contribution in [3.63, 3.8) is 0 Å². The molecule has 3 rings (SSSR count). The molecule has 0 fully saturated rings. The van der Waals surface area contributed by atoms with E-state index in [1.165, 1.54) is 24.3 Å². The van der Waals surface area contributed by atoms with E-state index in [1.807, 2.05) is 6.07 Å². The second-order valence-corrected chi connectivity index (χ2v) is 5.37. The van der Waals surface area contributed by atoms with Gasteiger partial charge in [0, 0.05) is 15.4 Å². The maximum atomic E-state index is 12.4. The standard InChI is InChI=1S/C15H9BrN2O3/c16-9-3-6-12-11(7-9)13(17)15(21-12)14(19)8-1-4-10(18-20)5-2-8/h1-7H,17H2. The molecular weight excluding hydrogens is 336 g/mol. The zero-order valence-electron chi connectivity index (χ0n) is 10.7. The molecule has 0 radical (unpaired) electrons. The van der Waals surface area contributed by atoms with E-state index in [0.29, 0.717) is 22.2 Å². The maximum Gasteiger partial charge on any atom is 0.230 e. The van der Waals surface area contributed by atoms with Gasteiger partial charge < -0.3 is 10.2 Å². The Morgan fingerprint density at radius 1 is 1.14 bits per heavy atom. The minimum absolute atomic E-state index is 0.0925. The number of hydrogen-bond acceptors (Lipinski definition) is 5. The number of nitrogens with two attached hydrogens (primary N) is 1. The van der Waals surface area contributed by atoms with Gasteiger partial charge in [0.15, 0.2) is 5.76 Å². The molecular formula is C15H9BrN2O3. The van der Waals surface area contributed by atoms with E-state index >= 15 is 0 Å². The predicted octanol–water partition coefficient (Wildman–Crippen LogP) is 4.41. The van der Waals surface area contributed by atoms with Gasteiger partial charge in [-0.1, -0.05) is 15.9 Å². The summed E-state index contributed by atoms with van der Waals surface area (Å²) in [7, 11) is 0. The number of nitrogens with zero attached hydrogens (tertiary/aromatic N) is 1. The highest BCUT2D eigenvalue weighted by Crippen LogP contribution is 2.32. The van der Waals surface area contributed by atoms with E-state index in [0.717, 1.165) is 4.47 Å². The molecule has 3 aromatic rings. The number of benzene rings is 2. The van der Waals surface area contributed by atoms with Gasteiger partial charge in [-0.05, 0) is 47.6 Å². The number of fused-ring (bicyclic) bond motifs is 1. The number of ketones is 1. The Hall–Kier alpha value is -2.47. The molecule has 0 aliphatic rings. The smallest absolute Gasteiger partial charge is 0.230 e. The van der Waals surface area contributed by atoms with E-state index in [2.05, 4.69) is 21.1 Å². The van der Waals surface area contributed by atoms with Crippen molar-refractivity contribution in [2.24, 2.45) is 5.18 Å². The van der Waals surface area contributed by atoms with Gasteiger partial charge in [0.25, 0.3) is 0 Å². The van der Waals surface area contributed by atoms with Gasteiger partial charge in [-0.2, -0.15) is 0 Å². The third-order valence-corrected chi connectivity index (χ3v) is 3.62. The third-order valence-electron chi connectivity index (χ3n) is 3.13. The first-order valence-electron chi connectivity index (χ1n) is 6.06. The molecule has 0 aliphatic heterocycles. The van der Waals surface area contributed by atoms with Crippen molar-refractivity contribution in [2.75, 3.05) is 5.73 Å². The van der Waals surface area contributed by atoms with Crippen LogP contribution in [-0.2, 0) is 0 Å². The van der Waals surface area contributed by atoms with Crippen LogP contribution in [0.25, 0.3) is 11.0 Å². The van der Waals surface area contributed by atoms with Gasteiger partial charge in [0.1, 0.15) is 11.3 Å². The average Bonchev–Trinajstić information content (AvgIpc) is 2.83. The van der Waals surface area contributed by atoms with Gasteiger partial charge in [-0.15, -0.1) is 4.91 Å². The lowest BCUT2D eigenvalue weighted by Crippen LogP contribution is -2.02. The fourth-order valence-corrected chi connectivity index (χ4v) is 2.42. The number of nitroso groups, excluding NO2 is 1. The fraction of sp³-hybridized carbons (Fsp3) is 0. The summed E-state index contributed by atoms with van der Waals surface area (Å²) in [6.07, 6.45) is 0. The third kappa shape index (κ3) is 2.34. The van der Waals surface area contributed by atoms with Crippen molar-refractivity contribution in [2.45, 2.75) is 0 Å². The largest absolute Gasteiger partial charge is 0.450 e. The Morgan fingerprint density at radius 3 is 2.52 bits per heavy atom. The van der Waals surface area contributed by atoms with E-state index in [9.17, 15) is 9.70 Å². The molecule has 21 heavy (non-hydrogen) atoms. The Morgan fingerprint density at radius 2 is 1.86 bits per heavy atom. The average molecular weight is 345 g/mol. The minimum atomic E-state index is -0.336. The first kappa shape index (κ1) is 13.5. The molecule has 0 atom stereocenters.